The van der Waals surface area contributed by atoms with E-state index in [0.29, 0.717) is 11.5 Å². The van der Waals surface area contributed by atoms with Gasteiger partial charge in [0.1, 0.15) is 0 Å². The van der Waals surface area contributed by atoms with Crippen molar-refractivity contribution in [3.63, 3.8) is 0 Å². The molecular formula is C16H29NS. The Morgan fingerprint density at radius 1 is 1.17 bits per heavy atom. The Kier molecular flexibility index (Phi) is 4.66. The summed E-state index contributed by atoms with van der Waals surface area (Å²) in [6.45, 7) is 18.2. The van der Waals surface area contributed by atoms with Crippen molar-refractivity contribution in [2.24, 2.45) is 5.41 Å². The third kappa shape index (κ3) is 4.74. The average molecular weight is 267 g/mol. The lowest BCUT2D eigenvalue weighted by molar-refractivity contribution is 0.227. The van der Waals surface area contributed by atoms with E-state index in [-0.39, 0.29) is 5.54 Å². The first-order chi connectivity index (χ1) is 8.00. The van der Waals surface area contributed by atoms with Gasteiger partial charge >= 0.3 is 0 Å². The van der Waals surface area contributed by atoms with Crippen LogP contribution in [0.2, 0.25) is 0 Å². The molecule has 0 saturated heterocycles. The van der Waals surface area contributed by atoms with Crippen LogP contribution in [0.4, 0.5) is 0 Å². The van der Waals surface area contributed by atoms with E-state index in [1.807, 2.05) is 11.3 Å². The molecule has 1 N–H and O–H groups in total. The molecule has 1 atom stereocenters. The van der Waals surface area contributed by atoms with Gasteiger partial charge < -0.3 is 5.32 Å². The van der Waals surface area contributed by atoms with Crippen molar-refractivity contribution in [2.45, 2.75) is 73.4 Å². The molecule has 0 aliphatic carbocycles. The Labute approximate surface area is 117 Å². The Bertz CT molecular complexity index is 396. The van der Waals surface area contributed by atoms with E-state index >= 15 is 0 Å². The standard InChI is InChI=1S/C16H29NS/c1-11-9-14(13(3)18-11)12(2)17-16(7,8)10-15(4,5)6/h9,12,17H,10H2,1-8H3. The molecule has 0 aromatic carbocycles. The van der Waals surface area contributed by atoms with Gasteiger partial charge in [-0.15, -0.1) is 11.3 Å². The fourth-order valence-corrected chi connectivity index (χ4v) is 4.14. The first kappa shape index (κ1) is 15.7. The molecule has 1 unspecified atom stereocenters. The molecule has 0 aliphatic heterocycles. The van der Waals surface area contributed by atoms with Crippen molar-refractivity contribution in [3.05, 3.63) is 21.4 Å². The van der Waals surface area contributed by atoms with Gasteiger partial charge in [0, 0.05) is 21.3 Å². The van der Waals surface area contributed by atoms with Crippen molar-refractivity contribution in [3.8, 4) is 0 Å². The summed E-state index contributed by atoms with van der Waals surface area (Å²) in [5, 5.41) is 3.79. The molecule has 1 aromatic heterocycles. The molecule has 0 amide bonds. The van der Waals surface area contributed by atoms with E-state index in [4.69, 9.17) is 0 Å². The van der Waals surface area contributed by atoms with Crippen LogP contribution in [0.3, 0.4) is 0 Å². The highest BCUT2D eigenvalue weighted by Crippen LogP contribution is 2.31. The molecule has 0 aliphatic rings. The van der Waals surface area contributed by atoms with Crippen LogP contribution < -0.4 is 5.32 Å². The highest BCUT2D eigenvalue weighted by Gasteiger charge is 2.27. The Hall–Kier alpha value is -0.340. The Morgan fingerprint density at radius 2 is 1.72 bits per heavy atom. The normalized spacial score (nSPS) is 14.9. The SMILES string of the molecule is Cc1cc(C(C)NC(C)(C)CC(C)(C)C)c(C)s1. The van der Waals surface area contributed by atoms with Crippen molar-refractivity contribution in [1.82, 2.24) is 5.32 Å². The van der Waals surface area contributed by atoms with Crippen LogP contribution >= 0.6 is 11.3 Å². The Balaban J connectivity index is 2.75. The van der Waals surface area contributed by atoms with E-state index in [1.165, 1.54) is 21.7 Å². The van der Waals surface area contributed by atoms with Crippen LogP contribution in [0.5, 0.6) is 0 Å². The molecule has 0 bridgehead atoms. The third-order valence-corrected chi connectivity index (χ3v) is 4.11. The maximum absolute atomic E-state index is 3.79. The number of nitrogens with one attached hydrogen (secondary N) is 1. The van der Waals surface area contributed by atoms with Gasteiger partial charge in [-0.25, -0.2) is 0 Å². The number of hydrogen-bond donors (Lipinski definition) is 1. The van der Waals surface area contributed by atoms with E-state index in [0.717, 1.165) is 0 Å². The summed E-state index contributed by atoms with van der Waals surface area (Å²) in [4.78, 5) is 2.85. The highest BCUT2D eigenvalue weighted by molar-refractivity contribution is 7.12. The maximum Gasteiger partial charge on any atom is 0.0307 e. The van der Waals surface area contributed by atoms with E-state index in [2.05, 4.69) is 66.8 Å². The van der Waals surface area contributed by atoms with Crippen molar-refractivity contribution >= 4 is 11.3 Å². The molecule has 18 heavy (non-hydrogen) atoms. The molecule has 0 radical (unpaired) electrons. The zero-order valence-corrected chi connectivity index (χ0v) is 14.1. The van der Waals surface area contributed by atoms with Crippen LogP contribution in [0.1, 0.15) is 69.3 Å². The molecular weight excluding hydrogens is 238 g/mol. The van der Waals surface area contributed by atoms with Gasteiger partial charge in [0.2, 0.25) is 0 Å². The first-order valence-corrected chi connectivity index (χ1v) is 7.66. The summed E-state index contributed by atoms with van der Waals surface area (Å²) in [7, 11) is 0. The van der Waals surface area contributed by atoms with Gasteiger partial charge in [0.25, 0.3) is 0 Å². The summed E-state index contributed by atoms with van der Waals surface area (Å²) in [5.41, 5.74) is 1.98. The summed E-state index contributed by atoms with van der Waals surface area (Å²) < 4.78 is 0. The monoisotopic (exact) mass is 267 g/mol. The van der Waals surface area contributed by atoms with E-state index in [9.17, 15) is 0 Å². The molecule has 0 fully saturated rings. The van der Waals surface area contributed by atoms with E-state index in [1.54, 1.807) is 0 Å². The molecule has 0 spiro atoms. The maximum atomic E-state index is 3.79. The predicted octanol–water partition coefficient (Wildman–Crippen LogP) is 5.23. The second kappa shape index (κ2) is 5.34. The smallest absolute Gasteiger partial charge is 0.0307 e. The van der Waals surface area contributed by atoms with Gasteiger partial charge in [0.15, 0.2) is 0 Å². The van der Waals surface area contributed by atoms with Gasteiger partial charge in [-0.1, -0.05) is 20.8 Å². The second-order valence-electron chi connectivity index (χ2n) is 7.36. The summed E-state index contributed by atoms with van der Waals surface area (Å²) >= 11 is 1.90. The number of rotatable bonds is 4. The van der Waals surface area contributed by atoms with Crippen molar-refractivity contribution < 1.29 is 0 Å². The lowest BCUT2D eigenvalue weighted by Crippen LogP contribution is -2.43. The molecule has 1 nitrogen and oxygen atoms in total. The largest absolute Gasteiger partial charge is 0.305 e. The third-order valence-electron chi connectivity index (χ3n) is 3.13. The van der Waals surface area contributed by atoms with Gasteiger partial charge in [-0.3, -0.25) is 0 Å². The topological polar surface area (TPSA) is 12.0 Å². The van der Waals surface area contributed by atoms with Gasteiger partial charge in [0.05, 0.1) is 0 Å². The summed E-state index contributed by atoms with van der Waals surface area (Å²) in [6.07, 6.45) is 1.17. The summed E-state index contributed by atoms with van der Waals surface area (Å²) in [5.74, 6) is 0. The lowest BCUT2D eigenvalue weighted by atomic mass is 9.81. The number of aryl methyl sites for hydroxylation is 2. The molecule has 1 rings (SSSR count). The van der Waals surface area contributed by atoms with Gasteiger partial charge in [-0.05, 0) is 58.1 Å². The molecule has 1 aromatic rings. The van der Waals surface area contributed by atoms with Crippen molar-refractivity contribution in [2.75, 3.05) is 0 Å². The summed E-state index contributed by atoms with van der Waals surface area (Å²) in [6, 6.07) is 2.75. The second-order valence-corrected chi connectivity index (χ2v) is 8.82. The van der Waals surface area contributed by atoms with Crippen LogP contribution in [0.25, 0.3) is 0 Å². The highest BCUT2D eigenvalue weighted by atomic mass is 32.1. The zero-order valence-electron chi connectivity index (χ0n) is 13.3. The predicted molar refractivity (Wildman–Crippen MR) is 83.5 cm³/mol. The number of thiophene rings is 1. The minimum absolute atomic E-state index is 0.167. The van der Waals surface area contributed by atoms with Crippen LogP contribution in [0, 0.1) is 19.3 Å². The first-order valence-electron chi connectivity index (χ1n) is 6.85. The lowest BCUT2D eigenvalue weighted by Gasteiger charge is -2.36. The zero-order chi connectivity index (χ0) is 14.1. The molecule has 0 saturated carbocycles. The van der Waals surface area contributed by atoms with Crippen molar-refractivity contribution in [1.29, 1.82) is 0 Å². The van der Waals surface area contributed by atoms with Crippen LogP contribution in [0.15, 0.2) is 6.07 Å². The Morgan fingerprint density at radius 3 is 2.11 bits per heavy atom. The van der Waals surface area contributed by atoms with E-state index < -0.39 is 0 Å². The molecule has 104 valence electrons. The fraction of sp³-hybridized carbons (Fsp3) is 0.750. The van der Waals surface area contributed by atoms with Gasteiger partial charge in [-0.2, -0.15) is 0 Å². The average Bonchev–Trinajstić information content (AvgIpc) is 2.39. The van der Waals surface area contributed by atoms with Crippen LogP contribution in [-0.4, -0.2) is 5.54 Å². The quantitative estimate of drug-likeness (QED) is 0.787. The minimum atomic E-state index is 0.167. The molecule has 1 heterocycles. The fourth-order valence-electron chi connectivity index (χ4n) is 3.12. The molecule has 2 heteroatoms. The minimum Gasteiger partial charge on any atom is -0.305 e. The van der Waals surface area contributed by atoms with Crippen LogP contribution in [-0.2, 0) is 0 Å². The number of hydrogen-bond acceptors (Lipinski definition) is 2.